The summed E-state index contributed by atoms with van der Waals surface area (Å²) in [5.74, 6) is 0.0333. The van der Waals surface area contributed by atoms with Crippen molar-refractivity contribution in [2.45, 2.75) is 31.3 Å². The van der Waals surface area contributed by atoms with Crippen LogP contribution in [0.4, 0.5) is 0 Å². The number of likely N-dealkylation sites (tertiary alicyclic amines) is 1. The highest BCUT2D eigenvalue weighted by Crippen LogP contribution is 2.33. The second kappa shape index (κ2) is 7.45. The molecule has 126 valence electrons. The van der Waals surface area contributed by atoms with Crippen molar-refractivity contribution in [3.63, 3.8) is 0 Å². The standard InChI is InChI=1S/C19H22N2O3/c1-24-16-8-4-6-14(12-16)18(13-15-7-2-3-10-20-15)21-11-5-9-17(21)19(22)23/h2-4,6-8,10,12,17-18H,5,9,11,13H2,1H3,(H,22,23). The van der Waals surface area contributed by atoms with Crippen LogP contribution in [0.2, 0.25) is 0 Å². The summed E-state index contributed by atoms with van der Waals surface area (Å²) in [6, 6.07) is 13.2. The molecule has 0 spiro atoms. The van der Waals surface area contributed by atoms with Gasteiger partial charge in [0.1, 0.15) is 11.8 Å². The third kappa shape index (κ3) is 3.57. The fourth-order valence-corrected chi connectivity index (χ4v) is 3.42. The van der Waals surface area contributed by atoms with Crippen molar-refractivity contribution in [1.29, 1.82) is 0 Å². The predicted octanol–water partition coefficient (Wildman–Crippen LogP) is 2.92. The SMILES string of the molecule is COc1cccc(C(Cc2ccccn2)N2CCCC2C(=O)O)c1. The summed E-state index contributed by atoms with van der Waals surface area (Å²) in [6.07, 6.45) is 4.05. The molecule has 2 unspecified atom stereocenters. The van der Waals surface area contributed by atoms with Gasteiger partial charge >= 0.3 is 5.97 Å². The van der Waals surface area contributed by atoms with E-state index in [1.807, 2.05) is 42.5 Å². The Hall–Kier alpha value is -2.40. The van der Waals surface area contributed by atoms with Crippen LogP contribution in [0.15, 0.2) is 48.7 Å². The largest absolute Gasteiger partial charge is 0.497 e. The van der Waals surface area contributed by atoms with Gasteiger partial charge in [0.05, 0.1) is 7.11 Å². The van der Waals surface area contributed by atoms with Crippen LogP contribution in [-0.4, -0.2) is 40.7 Å². The van der Waals surface area contributed by atoms with Crippen LogP contribution in [0.3, 0.4) is 0 Å². The van der Waals surface area contributed by atoms with Crippen LogP contribution in [0.25, 0.3) is 0 Å². The van der Waals surface area contributed by atoms with E-state index in [0.717, 1.165) is 30.0 Å². The summed E-state index contributed by atoms with van der Waals surface area (Å²) in [5, 5.41) is 9.56. The molecule has 1 fully saturated rings. The number of ether oxygens (including phenoxy) is 1. The lowest BCUT2D eigenvalue weighted by atomic mass is 9.98. The normalized spacial score (nSPS) is 19.1. The first-order chi connectivity index (χ1) is 11.7. The second-order valence-electron chi connectivity index (χ2n) is 6.05. The van der Waals surface area contributed by atoms with E-state index in [1.165, 1.54) is 0 Å². The summed E-state index contributed by atoms with van der Waals surface area (Å²) < 4.78 is 5.34. The van der Waals surface area contributed by atoms with Crippen LogP contribution >= 0.6 is 0 Å². The molecule has 1 N–H and O–H groups in total. The van der Waals surface area contributed by atoms with Crippen molar-refractivity contribution in [3.05, 3.63) is 59.9 Å². The quantitative estimate of drug-likeness (QED) is 0.884. The van der Waals surface area contributed by atoms with Crippen LogP contribution in [0.5, 0.6) is 5.75 Å². The minimum Gasteiger partial charge on any atom is -0.497 e. The van der Waals surface area contributed by atoms with Crippen LogP contribution in [-0.2, 0) is 11.2 Å². The molecule has 1 aromatic carbocycles. The molecule has 1 saturated heterocycles. The molecule has 1 aromatic heterocycles. The fraction of sp³-hybridized carbons (Fsp3) is 0.368. The number of aliphatic carboxylic acids is 1. The van der Waals surface area contributed by atoms with E-state index in [0.29, 0.717) is 12.8 Å². The Morgan fingerprint density at radius 3 is 2.96 bits per heavy atom. The first-order valence-corrected chi connectivity index (χ1v) is 8.21. The van der Waals surface area contributed by atoms with Crippen molar-refractivity contribution in [1.82, 2.24) is 9.88 Å². The number of carbonyl (C=O) groups is 1. The molecule has 0 aliphatic carbocycles. The fourth-order valence-electron chi connectivity index (χ4n) is 3.42. The molecule has 1 aliphatic heterocycles. The van der Waals surface area contributed by atoms with Crippen LogP contribution in [0.1, 0.15) is 30.1 Å². The maximum Gasteiger partial charge on any atom is 0.320 e. The first kappa shape index (κ1) is 16.5. The van der Waals surface area contributed by atoms with Gasteiger partial charge in [0.2, 0.25) is 0 Å². The van der Waals surface area contributed by atoms with Crippen molar-refractivity contribution < 1.29 is 14.6 Å². The summed E-state index contributed by atoms with van der Waals surface area (Å²) in [4.78, 5) is 18.2. The molecule has 2 heterocycles. The number of carboxylic acid groups (broad SMARTS) is 1. The zero-order chi connectivity index (χ0) is 16.9. The van der Waals surface area contributed by atoms with E-state index < -0.39 is 12.0 Å². The Kier molecular flexibility index (Phi) is 5.11. The minimum absolute atomic E-state index is 0.0291. The highest BCUT2D eigenvalue weighted by atomic mass is 16.5. The number of hydrogen-bond donors (Lipinski definition) is 1. The number of hydrogen-bond acceptors (Lipinski definition) is 4. The molecule has 0 amide bonds. The highest BCUT2D eigenvalue weighted by molar-refractivity contribution is 5.74. The molecule has 3 rings (SSSR count). The maximum absolute atomic E-state index is 11.6. The molecule has 0 bridgehead atoms. The summed E-state index contributed by atoms with van der Waals surface area (Å²) in [7, 11) is 1.64. The van der Waals surface area contributed by atoms with Crippen LogP contribution < -0.4 is 4.74 Å². The van der Waals surface area contributed by atoms with Crippen molar-refractivity contribution in [3.8, 4) is 5.75 Å². The highest BCUT2D eigenvalue weighted by Gasteiger charge is 2.36. The van der Waals surface area contributed by atoms with Crippen molar-refractivity contribution >= 4 is 5.97 Å². The molecule has 1 aliphatic rings. The summed E-state index contributed by atoms with van der Waals surface area (Å²) >= 11 is 0. The lowest BCUT2D eigenvalue weighted by Crippen LogP contribution is -2.39. The Morgan fingerprint density at radius 1 is 1.38 bits per heavy atom. The zero-order valence-corrected chi connectivity index (χ0v) is 13.8. The van der Waals surface area contributed by atoms with E-state index >= 15 is 0 Å². The number of nitrogens with zero attached hydrogens (tertiary/aromatic N) is 2. The Bertz CT molecular complexity index is 690. The van der Waals surface area contributed by atoms with Gasteiger partial charge in [0.25, 0.3) is 0 Å². The molecule has 24 heavy (non-hydrogen) atoms. The van der Waals surface area contributed by atoms with Gasteiger partial charge in [-0.05, 0) is 49.2 Å². The Balaban J connectivity index is 1.95. The van der Waals surface area contributed by atoms with E-state index in [9.17, 15) is 9.90 Å². The van der Waals surface area contributed by atoms with Crippen LogP contribution in [0, 0.1) is 0 Å². The van der Waals surface area contributed by atoms with Gasteiger partial charge in [-0.2, -0.15) is 0 Å². The molecule has 5 heteroatoms. The van der Waals surface area contributed by atoms with Gasteiger partial charge < -0.3 is 9.84 Å². The van der Waals surface area contributed by atoms with Gasteiger partial charge in [-0.15, -0.1) is 0 Å². The molecule has 0 radical (unpaired) electrons. The molecule has 2 aromatic rings. The Labute approximate surface area is 141 Å². The smallest absolute Gasteiger partial charge is 0.320 e. The van der Waals surface area contributed by atoms with Crippen molar-refractivity contribution in [2.75, 3.05) is 13.7 Å². The lowest BCUT2D eigenvalue weighted by Gasteiger charge is -2.31. The summed E-state index contributed by atoms with van der Waals surface area (Å²) in [5.41, 5.74) is 2.02. The third-order valence-electron chi connectivity index (χ3n) is 4.59. The van der Waals surface area contributed by atoms with E-state index in [1.54, 1.807) is 13.3 Å². The average molecular weight is 326 g/mol. The minimum atomic E-state index is -0.749. The number of methoxy groups -OCH3 is 1. The molecule has 0 saturated carbocycles. The van der Waals surface area contributed by atoms with Gasteiger partial charge in [0, 0.05) is 24.4 Å². The zero-order valence-electron chi connectivity index (χ0n) is 13.8. The van der Waals surface area contributed by atoms with Crippen molar-refractivity contribution in [2.24, 2.45) is 0 Å². The number of benzene rings is 1. The number of rotatable bonds is 6. The van der Waals surface area contributed by atoms with Gasteiger partial charge in [0.15, 0.2) is 0 Å². The Morgan fingerprint density at radius 2 is 2.25 bits per heavy atom. The van der Waals surface area contributed by atoms with E-state index in [2.05, 4.69) is 9.88 Å². The van der Waals surface area contributed by atoms with Gasteiger partial charge in [-0.1, -0.05) is 18.2 Å². The first-order valence-electron chi connectivity index (χ1n) is 8.21. The average Bonchev–Trinajstić information content (AvgIpc) is 3.10. The monoisotopic (exact) mass is 326 g/mol. The van der Waals surface area contributed by atoms with E-state index in [4.69, 9.17) is 4.74 Å². The number of pyridine rings is 1. The maximum atomic E-state index is 11.6. The molecular formula is C19H22N2O3. The molecule has 2 atom stereocenters. The number of carboxylic acids is 1. The molecular weight excluding hydrogens is 304 g/mol. The predicted molar refractivity (Wildman–Crippen MR) is 91.0 cm³/mol. The topological polar surface area (TPSA) is 62.7 Å². The molecule has 5 nitrogen and oxygen atoms in total. The van der Waals surface area contributed by atoms with E-state index in [-0.39, 0.29) is 6.04 Å². The summed E-state index contributed by atoms with van der Waals surface area (Å²) in [6.45, 7) is 0.783. The van der Waals surface area contributed by atoms with Gasteiger partial charge in [-0.3, -0.25) is 14.7 Å². The lowest BCUT2D eigenvalue weighted by molar-refractivity contribution is -0.143. The third-order valence-corrected chi connectivity index (χ3v) is 4.59. The number of aromatic nitrogens is 1. The second-order valence-corrected chi connectivity index (χ2v) is 6.05. The van der Waals surface area contributed by atoms with Gasteiger partial charge in [-0.25, -0.2) is 0 Å².